The van der Waals surface area contributed by atoms with Crippen molar-refractivity contribution in [2.24, 2.45) is 5.73 Å². The summed E-state index contributed by atoms with van der Waals surface area (Å²) in [6.45, 7) is 0.241. The van der Waals surface area contributed by atoms with Gasteiger partial charge < -0.3 is 15.6 Å². The zero-order chi connectivity index (χ0) is 10.4. The fourth-order valence-corrected chi connectivity index (χ4v) is 0.963. The van der Waals surface area contributed by atoms with Gasteiger partial charge in [-0.2, -0.15) is 0 Å². The van der Waals surface area contributed by atoms with Crippen LogP contribution in [0.25, 0.3) is 0 Å². The summed E-state index contributed by atoms with van der Waals surface area (Å²) in [5.41, 5.74) is 5.68. The van der Waals surface area contributed by atoms with Crippen molar-refractivity contribution in [3.05, 3.63) is 29.8 Å². The van der Waals surface area contributed by atoms with Crippen molar-refractivity contribution in [1.29, 1.82) is 0 Å². The molecule has 3 N–H and O–H groups in total. The summed E-state index contributed by atoms with van der Waals surface area (Å²) in [4.78, 5) is 10.6. The number of aliphatic hydroxyl groups excluding tert-OH is 1. The summed E-state index contributed by atoms with van der Waals surface area (Å²) >= 11 is 0. The van der Waals surface area contributed by atoms with E-state index in [1.165, 1.54) is 0 Å². The van der Waals surface area contributed by atoms with E-state index in [1.54, 1.807) is 24.3 Å². The lowest BCUT2D eigenvalue weighted by atomic mass is 10.2. The topological polar surface area (TPSA) is 72.6 Å². The molecule has 4 nitrogen and oxygen atoms in total. The second kappa shape index (κ2) is 5.36. The second-order valence-electron chi connectivity index (χ2n) is 2.86. The summed E-state index contributed by atoms with van der Waals surface area (Å²) in [5.74, 6) is 0.468. The molecule has 1 unspecified atom stereocenters. The SMILES string of the molecule is NCC(O)COc1ccccc1C=O. The van der Waals surface area contributed by atoms with Crippen LogP contribution in [-0.4, -0.2) is 30.6 Å². The second-order valence-corrected chi connectivity index (χ2v) is 2.86. The number of para-hydroxylation sites is 1. The van der Waals surface area contributed by atoms with Gasteiger partial charge in [0.1, 0.15) is 18.5 Å². The Kier molecular flexibility index (Phi) is 4.10. The standard InChI is InChI=1S/C10H13NO3/c11-5-9(13)7-14-10-4-2-1-3-8(10)6-12/h1-4,6,9,13H,5,7,11H2. The maximum Gasteiger partial charge on any atom is 0.153 e. The Bertz CT molecular complexity index is 301. The van der Waals surface area contributed by atoms with Crippen molar-refractivity contribution < 1.29 is 14.6 Å². The van der Waals surface area contributed by atoms with Crippen LogP contribution in [0.2, 0.25) is 0 Å². The molecule has 1 atom stereocenters. The van der Waals surface area contributed by atoms with E-state index in [4.69, 9.17) is 15.6 Å². The van der Waals surface area contributed by atoms with Crippen molar-refractivity contribution in [2.75, 3.05) is 13.2 Å². The van der Waals surface area contributed by atoms with Gasteiger partial charge in [0, 0.05) is 6.54 Å². The molecule has 1 aromatic rings. The molecular weight excluding hydrogens is 182 g/mol. The number of carbonyl (C=O) groups excluding carboxylic acids is 1. The van der Waals surface area contributed by atoms with Gasteiger partial charge in [0.05, 0.1) is 5.56 Å². The zero-order valence-corrected chi connectivity index (χ0v) is 7.72. The molecule has 1 rings (SSSR count). The minimum atomic E-state index is -0.699. The molecule has 0 aliphatic carbocycles. The van der Waals surface area contributed by atoms with Gasteiger partial charge in [0.2, 0.25) is 0 Å². The first-order valence-electron chi connectivity index (χ1n) is 4.33. The number of carbonyl (C=O) groups is 1. The van der Waals surface area contributed by atoms with Gasteiger partial charge in [-0.15, -0.1) is 0 Å². The molecule has 0 amide bonds. The molecule has 0 saturated carbocycles. The highest BCUT2D eigenvalue weighted by molar-refractivity contribution is 5.79. The van der Waals surface area contributed by atoms with Gasteiger partial charge in [-0.05, 0) is 12.1 Å². The van der Waals surface area contributed by atoms with E-state index in [0.29, 0.717) is 17.6 Å². The molecule has 0 radical (unpaired) electrons. The molecule has 4 heteroatoms. The fourth-order valence-electron chi connectivity index (χ4n) is 0.963. The highest BCUT2D eigenvalue weighted by atomic mass is 16.5. The van der Waals surface area contributed by atoms with Gasteiger partial charge in [-0.1, -0.05) is 12.1 Å². The van der Waals surface area contributed by atoms with Crippen molar-refractivity contribution in [3.8, 4) is 5.75 Å². The van der Waals surface area contributed by atoms with E-state index in [1.807, 2.05) is 0 Å². The molecule has 0 aromatic heterocycles. The lowest BCUT2D eigenvalue weighted by molar-refractivity contribution is 0.107. The highest BCUT2D eigenvalue weighted by Crippen LogP contribution is 2.15. The third-order valence-corrected chi connectivity index (χ3v) is 1.75. The van der Waals surface area contributed by atoms with Crippen LogP contribution in [-0.2, 0) is 0 Å². The third-order valence-electron chi connectivity index (χ3n) is 1.75. The number of hydrogen-bond donors (Lipinski definition) is 2. The predicted molar refractivity (Wildman–Crippen MR) is 52.4 cm³/mol. The van der Waals surface area contributed by atoms with Crippen LogP contribution in [0.4, 0.5) is 0 Å². The number of ether oxygens (including phenoxy) is 1. The lowest BCUT2D eigenvalue weighted by Gasteiger charge is -2.11. The largest absolute Gasteiger partial charge is 0.490 e. The maximum atomic E-state index is 10.6. The summed E-state index contributed by atoms with van der Waals surface area (Å²) in [7, 11) is 0. The molecule has 0 spiro atoms. The van der Waals surface area contributed by atoms with Gasteiger partial charge in [0.15, 0.2) is 6.29 Å². The predicted octanol–water partition coefficient (Wildman–Crippen LogP) is 0.197. The number of rotatable bonds is 5. The maximum absolute atomic E-state index is 10.6. The first-order chi connectivity index (χ1) is 6.77. The quantitative estimate of drug-likeness (QED) is 0.658. The van der Waals surface area contributed by atoms with E-state index in [0.717, 1.165) is 0 Å². The Balaban J connectivity index is 2.61. The van der Waals surface area contributed by atoms with Crippen LogP contribution in [0.1, 0.15) is 10.4 Å². The van der Waals surface area contributed by atoms with Gasteiger partial charge >= 0.3 is 0 Å². The first kappa shape index (κ1) is 10.7. The van der Waals surface area contributed by atoms with Crippen LogP contribution in [0.15, 0.2) is 24.3 Å². The molecule has 14 heavy (non-hydrogen) atoms. The Labute approximate surface area is 82.3 Å². The number of aldehydes is 1. The van der Waals surface area contributed by atoms with E-state index >= 15 is 0 Å². The molecule has 0 aliphatic rings. The van der Waals surface area contributed by atoms with Crippen LogP contribution in [0.5, 0.6) is 5.75 Å². The van der Waals surface area contributed by atoms with Crippen LogP contribution < -0.4 is 10.5 Å². The minimum Gasteiger partial charge on any atom is -0.490 e. The Morgan fingerprint density at radius 2 is 2.21 bits per heavy atom. The summed E-state index contributed by atoms with van der Waals surface area (Å²) in [6.07, 6.45) is 0.0131. The van der Waals surface area contributed by atoms with Gasteiger partial charge in [0.25, 0.3) is 0 Å². The monoisotopic (exact) mass is 195 g/mol. The van der Waals surface area contributed by atoms with E-state index in [2.05, 4.69) is 0 Å². The van der Waals surface area contributed by atoms with Crippen molar-refractivity contribution in [2.45, 2.75) is 6.10 Å². The summed E-state index contributed by atoms with van der Waals surface area (Å²) in [5, 5.41) is 9.14. The van der Waals surface area contributed by atoms with E-state index < -0.39 is 6.10 Å². The number of benzene rings is 1. The summed E-state index contributed by atoms with van der Waals surface area (Å²) in [6, 6.07) is 6.83. The van der Waals surface area contributed by atoms with Crippen molar-refractivity contribution in [1.82, 2.24) is 0 Å². The summed E-state index contributed by atoms with van der Waals surface area (Å²) < 4.78 is 5.22. The molecule has 76 valence electrons. The molecule has 0 bridgehead atoms. The third kappa shape index (κ3) is 2.83. The Morgan fingerprint density at radius 1 is 1.50 bits per heavy atom. The first-order valence-corrected chi connectivity index (χ1v) is 4.33. The Morgan fingerprint density at radius 3 is 2.86 bits per heavy atom. The highest BCUT2D eigenvalue weighted by Gasteiger charge is 2.05. The molecular formula is C10H13NO3. The smallest absolute Gasteiger partial charge is 0.153 e. The number of nitrogens with two attached hydrogens (primary N) is 1. The molecule has 0 fully saturated rings. The van der Waals surface area contributed by atoms with Crippen molar-refractivity contribution >= 4 is 6.29 Å². The van der Waals surface area contributed by atoms with E-state index in [-0.39, 0.29) is 13.2 Å². The van der Waals surface area contributed by atoms with Crippen LogP contribution >= 0.6 is 0 Å². The number of hydrogen-bond acceptors (Lipinski definition) is 4. The van der Waals surface area contributed by atoms with Gasteiger partial charge in [-0.3, -0.25) is 4.79 Å². The average Bonchev–Trinajstić information content (AvgIpc) is 2.26. The van der Waals surface area contributed by atoms with E-state index in [9.17, 15) is 4.79 Å². The molecule has 0 aliphatic heterocycles. The van der Waals surface area contributed by atoms with Gasteiger partial charge in [-0.25, -0.2) is 0 Å². The lowest BCUT2D eigenvalue weighted by Crippen LogP contribution is -2.26. The molecule has 0 saturated heterocycles. The number of aliphatic hydroxyl groups is 1. The van der Waals surface area contributed by atoms with Crippen LogP contribution in [0.3, 0.4) is 0 Å². The minimum absolute atomic E-state index is 0.0986. The van der Waals surface area contributed by atoms with Crippen LogP contribution in [0, 0.1) is 0 Å². The van der Waals surface area contributed by atoms with Crippen molar-refractivity contribution in [3.63, 3.8) is 0 Å². The molecule has 0 heterocycles. The average molecular weight is 195 g/mol. The Hall–Kier alpha value is -1.39. The molecule has 1 aromatic carbocycles. The fraction of sp³-hybridized carbons (Fsp3) is 0.300. The zero-order valence-electron chi connectivity index (χ0n) is 7.72. The normalized spacial score (nSPS) is 12.1.